The second-order valence-corrected chi connectivity index (χ2v) is 6.19. The van der Waals surface area contributed by atoms with Crippen LogP contribution in [-0.2, 0) is 5.41 Å². The molecular weight excluding hydrogens is 218 g/mol. The van der Waals surface area contributed by atoms with Crippen LogP contribution in [0.15, 0.2) is 5.16 Å². The lowest BCUT2D eigenvalue weighted by atomic mass is 9.96. The molecule has 16 heavy (non-hydrogen) atoms. The Morgan fingerprint density at radius 1 is 1.19 bits per heavy atom. The Morgan fingerprint density at radius 3 is 2.50 bits per heavy atom. The zero-order valence-corrected chi connectivity index (χ0v) is 11.7. The summed E-state index contributed by atoms with van der Waals surface area (Å²) in [6.07, 6.45) is 5.21. The predicted molar refractivity (Wildman–Crippen MR) is 69.9 cm³/mol. The average molecular weight is 241 g/mol. The molecule has 0 radical (unpaired) electrons. The van der Waals surface area contributed by atoms with Gasteiger partial charge in [-0.15, -0.1) is 5.10 Å². The summed E-state index contributed by atoms with van der Waals surface area (Å²) in [6.45, 7) is 8.66. The largest absolute Gasteiger partial charge is 0.262 e. The number of hydrogen-bond donors (Lipinski definition) is 1. The van der Waals surface area contributed by atoms with Crippen molar-refractivity contribution in [1.82, 2.24) is 15.2 Å². The Labute approximate surface area is 103 Å². The van der Waals surface area contributed by atoms with Gasteiger partial charge in [-0.1, -0.05) is 58.7 Å². The second kappa shape index (κ2) is 6.28. The SMILES string of the molecule is CCCCCCSc1n[nH]c(C(C)(C)C)n1. The van der Waals surface area contributed by atoms with Crippen LogP contribution in [0.2, 0.25) is 0 Å². The van der Waals surface area contributed by atoms with Gasteiger partial charge in [0.1, 0.15) is 5.82 Å². The summed E-state index contributed by atoms with van der Waals surface area (Å²) in [4.78, 5) is 4.50. The first-order chi connectivity index (χ1) is 7.54. The third-order valence-corrected chi connectivity index (χ3v) is 3.34. The van der Waals surface area contributed by atoms with Crippen molar-refractivity contribution in [1.29, 1.82) is 0 Å². The lowest BCUT2D eigenvalue weighted by molar-refractivity contribution is 0.547. The van der Waals surface area contributed by atoms with E-state index in [0.29, 0.717) is 0 Å². The molecule has 1 aromatic heterocycles. The van der Waals surface area contributed by atoms with Crippen LogP contribution < -0.4 is 0 Å². The summed E-state index contributed by atoms with van der Waals surface area (Å²) >= 11 is 1.75. The van der Waals surface area contributed by atoms with Crippen molar-refractivity contribution in [3.05, 3.63) is 5.82 Å². The number of thioether (sulfide) groups is 1. The van der Waals surface area contributed by atoms with Crippen molar-refractivity contribution in [2.24, 2.45) is 0 Å². The molecule has 4 heteroatoms. The van der Waals surface area contributed by atoms with Crippen molar-refractivity contribution in [3.63, 3.8) is 0 Å². The summed E-state index contributed by atoms with van der Waals surface area (Å²) in [5.41, 5.74) is 0.0635. The van der Waals surface area contributed by atoms with Crippen LogP contribution in [-0.4, -0.2) is 20.9 Å². The first kappa shape index (κ1) is 13.6. The molecule has 0 saturated heterocycles. The first-order valence-electron chi connectivity index (χ1n) is 6.09. The highest BCUT2D eigenvalue weighted by Crippen LogP contribution is 2.21. The number of aromatic amines is 1. The summed E-state index contributed by atoms with van der Waals surface area (Å²) in [5, 5.41) is 8.13. The van der Waals surface area contributed by atoms with Crippen molar-refractivity contribution in [3.8, 4) is 0 Å². The highest BCUT2D eigenvalue weighted by atomic mass is 32.2. The predicted octanol–water partition coefficient (Wildman–Crippen LogP) is 3.77. The fourth-order valence-electron chi connectivity index (χ4n) is 1.34. The highest BCUT2D eigenvalue weighted by Gasteiger charge is 2.18. The van der Waals surface area contributed by atoms with Crippen LogP contribution in [0.25, 0.3) is 0 Å². The van der Waals surface area contributed by atoms with E-state index in [4.69, 9.17) is 0 Å². The van der Waals surface area contributed by atoms with Gasteiger partial charge in [-0.25, -0.2) is 4.98 Å². The summed E-state index contributed by atoms with van der Waals surface area (Å²) in [6, 6.07) is 0. The number of hydrogen-bond acceptors (Lipinski definition) is 3. The number of nitrogens with zero attached hydrogens (tertiary/aromatic N) is 2. The summed E-state index contributed by atoms with van der Waals surface area (Å²) < 4.78 is 0. The maximum atomic E-state index is 4.50. The number of unbranched alkanes of at least 4 members (excludes halogenated alkanes) is 3. The Kier molecular flexibility index (Phi) is 5.32. The Balaban J connectivity index is 2.30. The molecule has 0 saturated carbocycles. The molecule has 3 nitrogen and oxygen atoms in total. The molecule has 0 aliphatic carbocycles. The number of rotatable bonds is 6. The molecule has 1 aromatic rings. The molecule has 0 bridgehead atoms. The van der Waals surface area contributed by atoms with Gasteiger partial charge >= 0.3 is 0 Å². The van der Waals surface area contributed by atoms with Gasteiger partial charge in [0, 0.05) is 11.2 Å². The molecule has 0 amide bonds. The number of aromatic nitrogens is 3. The van der Waals surface area contributed by atoms with Gasteiger partial charge in [0.05, 0.1) is 0 Å². The van der Waals surface area contributed by atoms with Gasteiger partial charge < -0.3 is 0 Å². The molecule has 0 aliphatic rings. The van der Waals surface area contributed by atoms with Crippen LogP contribution >= 0.6 is 11.8 Å². The zero-order chi connectivity index (χ0) is 12.0. The normalized spacial score (nSPS) is 12.0. The van der Waals surface area contributed by atoms with E-state index < -0.39 is 0 Å². The van der Waals surface area contributed by atoms with E-state index in [0.717, 1.165) is 16.7 Å². The number of nitrogens with one attached hydrogen (secondary N) is 1. The average Bonchev–Trinajstić information content (AvgIpc) is 2.65. The topological polar surface area (TPSA) is 41.6 Å². The molecule has 0 fully saturated rings. The van der Waals surface area contributed by atoms with Gasteiger partial charge in [0.2, 0.25) is 5.16 Å². The van der Waals surface area contributed by atoms with Crippen LogP contribution in [0.4, 0.5) is 0 Å². The molecule has 1 heterocycles. The Bertz CT molecular complexity index is 301. The van der Waals surface area contributed by atoms with Crippen molar-refractivity contribution in [2.45, 2.75) is 63.9 Å². The molecule has 1 N–H and O–H groups in total. The molecule has 0 atom stereocenters. The lowest BCUT2D eigenvalue weighted by Gasteiger charge is -2.12. The van der Waals surface area contributed by atoms with E-state index >= 15 is 0 Å². The van der Waals surface area contributed by atoms with E-state index in [1.54, 1.807) is 11.8 Å². The van der Waals surface area contributed by atoms with Crippen LogP contribution in [0.3, 0.4) is 0 Å². The van der Waals surface area contributed by atoms with Crippen molar-refractivity contribution in [2.75, 3.05) is 5.75 Å². The summed E-state index contributed by atoms with van der Waals surface area (Å²) in [7, 11) is 0. The minimum absolute atomic E-state index is 0.0635. The maximum Gasteiger partial charge on any atom is 0.208 e. The minimum Gasteiger partial charge on any atom is -0.262 e. The van der Waals surface area contributed by atoms with Crippen LogP contribution in [0.5, 0.6) is 0 Å². The minimum atomic E-state index is 0.0635. The van der Waals surface area contributed by atoms with Gasteiger partial charge in [-0.05, 0) is 6.42 Å². The quantitative estimate of drug-likeness (QED) is 0.609. The van der Waals surface area contributed by atoms with Gasteiger partial charge in [0.25, 0.3) is 0 Å². The third kappa shape index (κ3) is 4.56. The van der Waals surface area contributed by atoms with Gasteiger partial charge in [-0.3, -0.25) is 5.10 Å². The molecular formula is C12H23N3S. The fraction of sp³-hybridized carbons (Fsp3) is 0.833. The van der Waals surface area contributed by atoms with Crippen molar-refractivity contribution < 1.29 is 0 Å². The standard InChI is InChI=1S/C12H23N3S/c1-5-6-7-8-9-16-11-13-10(14-15-11)12(2,3)4/h5-9H2,1-4H3,(H,13,14,15). The molecule has 0 unspecified atom stereocenters. The second-order valence-electron chi connectivity index (χ2n) is 5.13. The van der Waals surface area contributed by atoms with Gasteiger partial charge in [0.15, 0.2) is 0 Å². The Morgan fingerprint density at radius 2 is 1.94 bits per heavy atom. The molecule has 0 spiro atoms. The van der Waals surface area contributed by atoms with E-state index in [2.05, 4.69) is 42.9 Å². The third-order valence-electron chi connectivity index (χ3n) is 2.40. The van der Waals surface area contributed by atoms with Crippen LogP contribution in [0.1, 0.15) is 59.2 Å². The number of H-pyrrole nitrogens is 1. The molecule has 0 aromatic carbocycles. The van der Waals surface area contributed by atoms with E-state index in [1.807, 2.05) is 0 Å². The molecule has 1 rings (SSSR count). The smallest absolute Gasteiger partial charge is 0.208 e. The van der Waals surface area contributed by atoms with E-state index in [1.165, 1.54) is 25.7 Å². The highest BCUT2D eigenvalue weighted by molar-refractivity contribution is 7.99. The monoisotopic (exact) mass is 241 g/mol. The van der Waals surface area contributed by atoms with E-state index in [9.17, 15) is 0 Å². The summed E-state index contributed by atoms with van der Waals surface area (Å²) in [5.74, 6) is 2.10. The Hall–Kier alpha value is -0.510. The molecule has 92 valence electrons. The molecule has 0 aliphatic heterocycles. The maximum absolute atomic E-state index is 4.50. The van der Waals surface area contributed by atoms with Crippen LogP contribution in [0, 0.1) is 0 Å². The lowest BCUT2D eigenvalue weighted by Crippen LogP contribution is -2.13. The zero-order valence-electron chi connectivity index (χ0n) is 10.8. The van der Waals surface area contributed by atoms with Crippen molar-refractivity contribution >= 4 is 11.8 Å². The first-order valence-corrected chi connectivity index (χ1v) is 7.08. The fourth-order valence-corrected chi connectivity index (χ4v) is 2.14. The van der Waals surface area contributed by atoms with Gasteiger partial charge in [-0.2, -0.15) is 0 Å². The van der Waals surface area contributed by atoms with E-state index in [-0.39, 0.29) is 5.41 Å².